The summed E-state index contributed by atoms with van der Waals surface area (Å²) in [5, 5.41) is 0. The highest BCUT2D eigenvalue weighted by molar-refractivity contribution is 9.10. The van der Waals surface area contributed by atoms with Crippen LogP contribution < -0.4 is 5.73 Å². The second-order valence-corrected chi connectivity index (χ2v) is 5.95. The topological polar surface area (TPSA) is 52.3 Å². The second-order valence-electron chi connectivity index (χ2n) is 5.03. The molecular formula is C16H24BrNO2. The average molecular weight is 342 g/mol. The molecular weight excluding hydrogens is 318 g/mol. The quantitative estimate of drug-likeness (QED) is 0.393. The number of ether oxygens (including phenoxy) is 1. The van der Waals surface area contributed by atoms with Crippen LogP contribution in [-0.4, -0.2) is 12.6 Å². The van der Waals surface area contributed by atoms with E-state index in [1.807, 2.05) is 0 Å². The summed E-state index contributed by atoms with van der Waals surface area (Å²) in [5.74, 6) is -0.302. The van der Waals surface area contributed by atoms with Gasteiger partial charge in [-0.2, -0.15) is 0 Å². The molecule has 0 unspecified atom stereocenters. The van der Waals surface area contributed by atoms with Crippen molar-refractivity contribution < 1.29 is 9.53 Å². The Labute approximate surface area is 130 Å². The molecule has 0 radical (unpaired) electrons. The largest absolute Gasteiger partial charge is 0.462 e. The highest BCUT2D eigenvalue weighted by Gasteiger charge is 2.08. The zero-order chi connectivity index (χ0) is 14.8. The van der Waals surface area contributed by atoms with E-state index in [1.54, 1.807) is 18.2 Å². The summed E-state index contributed by atoms with van der Waals surface area (Å²) in [5.41, 5.74) is 6.75. The van der Waals surface area contributed by atoms with Gasteiger partial charge >= 0.3 is 5.97 Å². The number of anilines is 1. The van der Waals surface area contributed by atoms with Gasteiger partial charge in [0, 0.05) is 10.2 Å². The monoisotopic (exact) mass is 341 g/mol. The number of unbranched alkanes of at least 4 members (excludes halogenated alkanes) is 6. The van der Waals surface area contributed by atoms with Gasteiger partial charge in [-0.25, -0.2) is 4.79 Å². The van der Waals surface area contributed by atoms with Crippen molar-refractivity contribution in [3.05, 3.63) is 28.2 Å². The molecule has 1 rings (SSSR count). The first-order valence-corrected chi connectivity index (χ1v) is 8.16. The molecule has 2 N–H and O–H groups in total. The lowest BCUT2D eigenvalue weighted by Crippen LogP contribution is -2.07. The van der Waals surface area contributed by atoms with Crippen LogP contribution in [0.4, 0.5) is 5.69 Å². The van der Waals surface area contributed by atoms with Gasteiger partial charge in [0.2, 0.25) is 0 Å². The Morgan fingerprint density at radius 2 is 1.75 bits per heavy atom. The van der Waals surface area contributed by atoms with Gasteiger partial charge in [0.15, 0.2) is 0 Å². The SMILES string of the molecule is CCCCCCCCCOC(=O)c1cc(N)cc(Br)c1. The molecule has 3 nitrogen and oxygen atoms in total. The highest BCUT2D eigenvalue weighted by Crippen LogP contribution is 2.18. The number of hydrogen-bond acceptors (Lipinski definition) is 3. The molecule has 0 saturated carbocycles. The summed E-state index contributed by atoms with van der Waals surface area (Å²) in [4.78, 5) is 11.8. The van der Waals surface area contributed by atoms with Crippen LogP contribution in [0, 0.1) is 0 Å². The van der Waals surface area contributed by atoms with Crippen LogP contribution in [0.25, 0.3) is 0 Å². The molecule has 0 aliphatic heterocycles. The third-order valence-electron chi connectivity index (χ3n) is 3.14. The molecule has 0 aliphatic carbocycles. The molecule has 0 atom stereocenters. The van der Waals surface area contributed by atoms with Crippen LogP contribution in [-0.2, 0) is 4.74 Å². The Hall–Kier alpha value is -1.03. The van der Waals surface area contributed by atoms with Crippen LogP contribution >= 0.6 is 15.9 Å². The summed E-state index contributed by atoms with van der Waals surface area (Å²) in [6.45, 7) is 2.70. The van der Waals surface area contributed by atoms with E-state index in [2.05, 4.69) is 22.9 Å². The van der Waals surface area contributed by atoms with E-state index >= 15 is 0 Å². The molecule has 0 amide bonds. The molecule has 0 fully saturated rings. The Bertz CT molecular complexity index is 401. The van der Waals surface area contributed by atoms with E-state index in [4.69, 9.17) is 10.5 Å². The number of halogens is 1. The van der Waals surface area contributed by atoms with Gasteiger partial charge in [-0.15, -0.1) is 0 Å². The first kappa shape index (κ1) is 17.0. The third-order valence-corrected chi connectivity index (χ3v) is 3.59. The summed E-state index contributed by atoms with van der Waals surface area (Å²) >= 11 is 3.32. The molecule has 20 heavy (non-hydrogen) atoms. The first-order chi connectivity index (χ1) is 9.63. The third kappa shape index (κ3) is 6.94. The minimum Gasteiger partial charge on any atom is -0.462 e. The second kappa shape index (κ2) is 9.81. The summed E-state index contributed by atoms with van der Waals surface area (Å²) in [6, 6.07) is 5.12. The molecule has 4 heteroatoms. The van der Waals surface area contributed by atoms with E-state index in [-0.39, 0.29) is 5.97 Å². The number of carbonyl (C=O) groups excluding carboxylic acids is 1. The maximum Gasteiger partial charge on any atom is 0.338 e. The van der Waals surface area contributed by atoms with Crippen LogP contribution in [0.1, 0.15) is 62.2 Å². The summed E-state index contributed by atoms with van der Waals surface area (Å²) < 4.78 is 6.04. The van der Waals surface area contributed by atoms with Crippen molar-refractivity contribution >= 4 is 27.6 Å². The molecule has 1 aromatic carbocycles. The Balaban J connectivity index is 2.17. The Morgan fingerprint density at radius 1 is 1.10 bits per heavy atom. The van der Waals surface area contributed by atoms with E-state index in [0.717, 1.165) is 17.3 Å². The van der Waals surface area contributed by atoms with Gasteiger partial charge in [0.25, 0.3) is 0 Å². The fourth-order valence-corrected chi connectivity index (χ4v) is 2.55. The van der Waals surface area contributed by atoms with Crippen LogP contribution in [0.15, 0.2) is 22.7 Å². The van der Waals surface area contributed by atoms with Crippen LogP contribution in [0.3, 0.4) is 0 Å². The minimum absolute atomic E-state index is 0.302. The first-order valence-electron chi connectivity index (χ1n) is 7.36. The number of benzene rings is 1. The molecule has 0 spiro atoms. The van der Waals surface area contributed by atoms with E-state index < -0.39 is 0 Å². The Kier molecular flexibility index (Phi) is 8.35. The van der Waals surface area contributed by atoms with Crippen molar-refractivity contribution in [3.63, 3.8) is 0 Å². The molecule has 0 aromatic heterocycles. The van der Waals surface area contributed by atoms with Crippen molar-refractivity contribution in [2.75, 3.05) is 12.3 Å². The number of hydrogen-bond donors (Lipinski definition) is 1. The zero-order valence-electron chi connectivity index (χ0n) is 12.2. The molecule has 0 heterocycles. The molecule has 112 valence electrons. The molecule has 1 aromatic rings. The predicted molar refractivity (Wildman–Crippen MR) is 86.8 cm³/mol. The maximum atomic E-state index is 11.8. The lowest BCUT2D eigenvalue weighted by atomic mass is 10.1. The van der Waals surface area contributed by atoms with E-state index in [0.29, 0.717) is 17.9 Å². The lowest BCUT2D eigenvalue weighted by Gasteiger charge is -2.06. The van der Waals surface area contributed by atoms with Gasteiger partial charge < -0.3 is 10.5 Å². The van der Waals surface area contributed by atoms with Crippen molar-refractivity contribution in [2.45, 2.75) is 51.9 Å². The van der Waals surface area contributed by atoms with Crippen molar-refractivity contribution in [1.82, 2.24) is 0 Å². The molecule has 0 saturated heterocycles. The summed E-state index contributed by atoms with van der Waals surface area (Å²) in [6.07, 6.45) is 8.46. The molecule has 0 bridgehead atoms. The fraction of sp³-hybridized carbons (Fsp3) is 0.562. The van der Waals surface area contributed by atoms with Crippen molar-refractivity contribution in [2.24, 2.45) is 0 Å². The van der Waals surface area contributed by atoms with Crippen LogP contribution in [0.5, 0.6) is 0 Å². The van der Waals surface area contributed by atoms with Gasteiger partial charge in [-0.3, -0.25) is 0 Å². The van der Waals surface area contributed by atoms with Gasteiger partial charge in [-0.1, -0.05) is 61.4 Å². The number of rotatable bonds is 9. The minimum atomic E-state index is -0.302. The standard InChI is InChI=1S/C16H24BrNO2/c1-2-3-4-5-6-7-8-9-20-16(19)13-10-14(17)12-15(18)11-13/h10-12H,2-9,18H2,1H3. The number of carbonyl (C=O) groups is 1. The number of esters is 1. The Morgan fingerprint density at radius 3 is 2.40 bits per heavy atom. The number of nitrogens with two attached hydrogens (primary N) is 1. The highest BCUT2D eigenvalue weighted by atomic mass is 79.9. The normalized spacial score (nSPS) is 10.5. The van der Waals surface area contributed by atoms with E-state index in [9.17, 15) is 4.79 Å². The predicted octanol–water partition coefficient (Wildman–Crippen LogP) is 4.94. The number of nitrogen functional groups attached to an aromatic ring is 1. The van der Waals surface area contributed by atoms with Crippen molar-refractivity contribution in [1.29, 1.82) is 0 Å². The van der Waals surface area contributed by atoms with Crippen molar-refractivity contribution in [3.8, 4) is 0 Å². The maximum absolute atomic E-state index is 11.8. The van der Waals surface area contributed by atoms with Gasteiger partial charge in [0.1, 0.15) is 0 Å². The zero-order valence-corrected chi connectivity index (χ0v) is 13.7. The van der Waals surface area contributed by atoms with Gasteiger partial charge in [0.05, 0.1) is 12.2 Å². The molecule has 0 aliphatic rings. The van der Waals surface area contributed by atoms with E-state index in [1.165, 1.54) is 32.1 Å². The van der Waals surface area contributed by atoms with Gasteiger partial charge in [-0.05, 0) is 24.6 Å². The summed E-state index contributed by atoms with van der Waals surface area (Å²) in [7, 11) is 0. The smallest absolute Gasteiger partial charge is 0.338 e. The lowest BCUT2D eigenvalue weighted by molar-refractivity contribution is 0.0497. The fourth-order valence-electron chi connectivity index (χ4n) is 2.04. The average Bonchev–Trinajstić information content (AvgIpc) is 2.40. The van der Waals surface area contributed by atoms with Crippen LogP contribution in [0.2, 0.25) is 0 Å².